The Hall–Kier alpha value is 0.350. The highest BCUT2D eigenvalue weighted by Gasteiger charge is 2.24. The van der Waals surface area contributed by atoms with Gasteiger partial charge in [-0.25, -0.2) is 0 Å². The molecule has 0 fully saturated rings. The maximum Gasteiger partial charge on any atom is 0.0101 e. The molecule has 32 heavy (non-hydrogen) atoms. The summed E-state index contributed by atoms with van der Waals surface area (Å²) < 4.78 is 0.191. The quantitative estimate of drug-likeness (QED) is 0.0946. The second-order valence-electron chi connectivity index (χ2n) is 11.4. The van der Waals surface area contributed by atoms with Gasteiger partial charge in [-0.2, -0.15) is 12.6 Å². The zero-order valence-corrected chi connectivity index (χ0v) is 24.1. The minimum absolute atomic E-state index is 0.191. The molecule has 0 aromatic carbocycles. The Morgan fingerprint density at radius 2 is 0.625 bits per heavy atom. The highest BCUT2D eigenvalue weighted by molar-refractivity contribution is 7.81. The molecule has 0 aliphatic carbocycles. The molecule has 0 N–H and O–H groups in total. The fourth-order valence-electron chi connectivity index (χ4n) is 5.14. The van der Waals surface area contributed by atoms with Crippen molar-refractivity contribution in [3.8, 4) is 0 Å². The zero-order chi connectivity index (χ0) is 23.8. The minimum atomic E-state index is 0.191. The molecule has 0 aromatic heterocycles. The predicted octanol–water partition coefficient (Wildman–Crippen LogP) is 12.1. The third-order valence-corrected chi connectivity index (χ3v) is 7.93. The first kappa shape index (κ1) is 32.4. The van der Waals surface area contributed by atoms with E-state index in [1.54, 1.807) is 0 Å². The Balaban J connectivity index is 3.54. The van der Waals surface area contributed by atoms with Gasteiger partial charge in [0.2, 0.25) is 0 Å². The SMILES string of the molecule is CCCCCCCCCCCCCCCCC(CCCCCCCCCCC)C(C)(C)S. The first-order chi connectivity index (χ1) is 15.5. The number of hydrogen-bond donors (Lipinski definition) is 1. The molecular weight excluding hydrogens is 404 g/mol. The fraction of sp³-hybridized carbons (Fsp3) is 1.00. The molecule has 0 rings (SSSR count). The van der Waals surface area contributed by atoms with Gasteiger partial charge in [0.25, 0.3) is 0 Å². The van der Waals surface area contributed by atoms with Gasteiger partial charge in [0.05, 0.1) is 0 Å². The average Bonchev–Trinajstić information content (AvgIpc) is 2.75. The van der Waals surface area contributed by atoms with Gasteiger partial charge in [-0.15, -0.1) is 0 Å². The standard InChI is InChI=1S/C31H64S/c1-5-7-9-11-13-15-16-17-18-19-21-23-25-27-29-30(31(3,4)32)28-26-24-22-20-14-12-10-8-6-2/h30,32H,5-29H2,1-4H3. The molecule has 194 valence electrons. The molecular formula is C31H64S. The summed E-state index contributed by atoms with van der Waals surface area (Å²) in [6, 6.07) is 0. The third kappa shape index (κ3) is 23.5. The molecule has 1 atom stereocenters. The van der Waals surface area contributed by atoms with Crippen LogP contribution in [0, 0.1) is 5.92 Å². The predicted molar refractivity (Wildman–Crippen MR) is 153 cm³/mol. The Bertz CT molecular complexity index is 343. The van der Waals surface area contributed by atoms with Gasteiger partial charge in [-0.1, -0.05) is 175 Å². The highest BCUT2D eigenvalue weighted by atomic mass is 32.1. The van der Waals surface area contributed by atoms with Crippen LogP contribution in [0.3, 0.4) is 0 Å². The summed E-state index contributed by atoms with van der Waals surface area (Å²) >= 11 is 4.96. The van der Waals surface area contributed by atoms with Gasteiger partial charge in [0.15, 0.2) is 0 Å². The van der Waals surface area contributed by atoms with E-state index < -0.39 is 0 Å². The van der Waals surface area contributed by atoms with Crippen LogP contribution in [0.4, 0.5) is 0 Å². The summed E-state index contributed by atoms with van der Waals surface area (Å²) in [5.74, 6) is 0.799. The molecule has 0 spiro atoms. The maximum atomic E-state index is 4.96. The van der Waals surface area contributed by atoms with E-state index in [9.17, 15) is 0 Å². The van der Waals surface area contributed by atoms with Crippen LogP contribution in [-0.4, -0.2) is 4.75 Å². The summed E-state index contributed by atoms with van der Waals surface area (Å²) in [6.07, 6.45) is 36.1. The lowest BCUT2D eigenvalue weighted by Gasteiger charge is -2.30. The summed E-state index contributed by atoms with van der Waals surface area (Å²) in [5.41, 5.74) is 0. The lowest BCUT2D eigenvalue weighted by atomic mass is 9.85. The normalized spacial score (nSPS) is 13.0. The maximum absolute atomic E-state index is 4.96. The molecule has 0 aliphatic heterocycles. The molecule has 1 heteroatoms. The molecule has 1 unspecified atom stereocenters. The second-order valence-corrected chi connectivity index (χ2v) is 12.5. The fourth-order valence-corrected chi connectivity index (χ4v) is 5.40. The topological polar surface area (TPSA) is 0 Å². The molecule has 0 heterocycles. The number of hydrogen-bond acceptors (Lipinski definition) is 1. The smallest absolute Gasteiger partial charge is 0.0101 e. The lowest BCUT2D eigenvalue weighted by molar-refractivity contribution is 0.342. The minimum Gasteiger partial charge on any atom is -0.173 e. The van der Waals surface area contributed by atoms with Gasteiger partial charge in [-0.3, -0.25) is 0 Å². The molecule has 0 aromatic rings. The number of rotatable bonds is 26. The van der Waals surface area contributed by atoms with Crippen LogP contribution >= 0.6 is 12.6 Å². The van der Waals surface area contributed by atoms with E-state index in [2.05, 4.69) is 27.7 Å². The van der Waals surface area contributed by atoms with Gasteiger partial charge < -0.3 is 0 Å². The van der Waals surface area contributed by atoms with Crippen molar-refractivity contribution >= 4 is 12.6 Å². The summed E-state index contributed by atoms with van der Waals surface area (Å²) in [5, 5.41) is 0. The van der Waals surface area contributed by atoms with Crippen LogP contribution in [0.15, 0.2) is 0 Å². The van der Waals surface area contributed by atoms with Gasteiger partial charge in [0.1, 0.15) is 0 Å². The third-order valence-electron chi connectivity index (χ3n) is 7.56. The Morgan fingerprint density at radius 1 is 0.406 bits per heavy atom. The molecule has 0 aliphatic rings. The average molecular weight is 469 g/mol. The van der Waals surface area contributed by atoms with Crippen LogP contribution in [0.1, 0.15) is 188 Å². The summed E-state index contributed by atoms with van der Waals surface area (Å²) in [7, 11) is 0. The Morgan fingerprint density at radius 3 is 0.844 bits per heavy atom. The van der Waals surface area contributed by atoms with Gasteiger partial charge in [0, 0.05) is 4.75 Å². The molecule has 0 nitrogen and oxygen atoms in total. The lowest BCUT2D eigenvalue weighted by Crippen LogP contribution is -2.24. The van der Waals surface area contributed by atoms with Crippen LogP contribution < -0.4 is 0 Å². The number of unbranched alkanes of at least 4 members (excludes halogenated alkanes) is 21. The van der Waals surface area contributed by atoms with E-state index in [1.165, 1.54) is 161 Å². The van der Waals surface area contributed by atoms with Crippen LogP contribution in [0.25, 0.3) is 0 Å². The molecule has 0 saturated carbocycles. The monoisotopic (exact) mass is 468 g/mol. The molecule has 0 amide bonds. The largest absolute Gasteiger partial charge is 0.173 e. The second kappa shape index (κ2) is 24.5. The first-order valence-electron chi connectivity index (χ1n) is 15.2. The van der Waals surface area contributed by atoms with E-state index in [0.717, 1.165) is 5.92 Å². The Labute approximate surface area is 211 Å². The summed E-state index contributed by atoms with van der Waals surface area (Å²) in [6.45, 7) is 9.30. The molecule has 0 saturated heterocycles. The van der Waals surface area contributed by atoms with Gasteiger partial charge in [-0.05, 0) is 18.8 Å². The molecule has 0 bridgehead atoms. The number of thiol groups is 1. The first-order valence-corrected chi connectivity index (χ1v) is 15.7. The van der Waals surface area contributed by atoms with Crippen molar-refractivity contribution in [2.75, 3.05) is 0 Å². The van der Waals surface area contributed by atoms with Crippen molar-refractivity contribution < 1.29 is 0 Å². The van der Waals surface area contributed by atoms with E-state index in [4.69, 9.17) is 12.6 Å². The van der Waals surface area contributed by atoms with Crippen molar-refractivity contribution in [1.82, 2.24) is 0 Å². The van der Waals surface area contributed by atoms with E-state index >= 15 is 0 Å². The summed E-state index contributed by atoms with van der Waals surface area (Å²) in [4.78, 5) is 0. The Kier molecular flexibility index (Phi) is 24.7. The molecule has 0 radical (unpaired) electrons. The zero-order valence-electron chi connectivity index (χ0n) is 23.2. The van der Waals surface area contributed by atoms with E-state index in [-0.39, 0.29) is 4.75 Å². The van der Waals surface area contributed by atoms with Crippen LogP contribution in [-0.2, 0) is 0 Å². The van der Waals surface area contributed by atoms with Crippen molar-refractivity contribution in [1.29, 1.82) is 0 Å². The van der Waals surface area contributed by atoms with Crippen LogP contribution in [0.5, 0.6) is 0 Å². The van der Waals surface area contributed by atoms with Crippen molar-refractivity contribution in [3.63, 3.8) is 0 Å². The van der Waals surface area contributed by atoms with Crippen molar-refractivity contribution in [3.05, 3.63) is 0 Å². The highest BCUT2D eigenvalue weighted by Crippen LogP contribution is 2.33. The van der Waals surface area contributed by atoms with E-state index in [0.29, 0.717) is 0 Å². The van der Waals surface area contributed by atoms with Gasteiger partial charge >= 0.3 is 0 Å². The van der Waals surface area contributed by atoms with Crippen molar-refractivity contribution in [2.45, 2.75) is 193 Å². The van der Waals surface area contributed by atoms with Crippen molar-refractivity contribution in [2.24, 2.45) is 5.92 Å². The van der Waals surface area contributed by atoms with E-state index in [1.807, 2.05) is 0 Å². The van der Waals surface area contributed by atoms with Crippen LogP contribution in [0.2, 0.25) is 0 Å².